The van der Waals surface area contributed by atoms with Crippen LogP contribution in [0.2, 0.25) is 0 Å². The van der Waals surface area contributed by atoms with Crippen molar-refractivity contribution >= 4 is 37.5 Å². The molecule has 0 saturated carbocycles. The standard InChI is InChI=1S/C23H23N3O3S2/c1-3-13-26-20-12-7-17(4-2)16-21(20)30-23(26)24-22(27)18-8-10-19(11-9-18)31(28,29)25-14-5-6-15-25/h1,7-12,16H,4-6,13-15H2,2H3. The second kappa shape index (κ2) is 8.79. The van der Waals surface area contributed by atoms with E-state index in [0.717, 1.165) is 29.5 Å². The van der Waals surface area contributed by atoms with Gasteiger partial charge in [-0.3, -0.25) is 4.79 Å². The third-order valence-corrected chi connectivity index (χ3v) is 8.36. The van der Waals surface area contributed by atoms with Gasteiger partial charge in [0.2, 0.25) is 10.0 Å². The monoisotopic (exact) mass is 453 g/mol. The first-order valence-corrected chi connectivity index (χ1v) is 12.4. The van der Waals surface area contributed by atoms with Gasteiger partial charge in [-0.25, -0.2) is 8.42 Å². The van der Waals surface area contributed by atoms with Crippen LogP contribution in [0, 0.1) is 12.3 Å². The van der Waals surface area contributed by atoms with Crippen LogP contribution in [0.15, 0.2) is 52.4 Å². The van der Waals surface area contributed by atoms with Crippen LogP contribution in [0.1, 0.15) is 35.7 Å². The smallest absolute Gasteiger partial charge is 0.279 e. The lowest BCUT2D eigenvalue weighted by Crippen LogP contribution is -2.27. The van der Waals surface area contributed by atoms with Crippen molar-refractivity contribution in [3.63, 3.8) is 0 Å². The van der Waals surface area contributed by atoms with E-state index < -0.39 is 15.9 Å². The summed E-state index contributed by atoms with van der Waals surface area (Å²) in [4.78, 5) is 17.8. The number of sulfonamides is 1. The average Bonchev–Trinajstić information content (AvgIpc) is 3.43. The highest BCUT2D eigenvalue weighted by Crippen LogP contribution is 2.22. The SMILES string of the molecule is C#CCn1c(=NC(=O)c2ccc(S(=O)(=O)N3CCCC3)cc2)sc2cc(CC)ccc21. The van der Waals surface area contributed by atoms with Gasteiger partial charge in [0.05, 0.1) is 21.7 Å². The Bertz CT molecular complexity index is 1340. The summed E-state index contributed by atoms with van der Waals surface area (Å²) in [5, 5.41) is 0. The molecule has 0 aliphatic carbocycles. The Labute approximate surface area is 185 Å². The molecule has 1 aromatic heterocycles. The summed E-state index contributed by atoms with van der Waals surface area (Å²) in [6.45, 7) is 3.48. The minimum absolute atomic E-state index is 0.197. The van der Waals surface area contributed by atoms with Gasteiger partial charge in [-0.1, -0.05) is 30.2 Å². The van der Waals surface area contributed by atoms with E-state index in [4.69, 9.17) is 6.42 Å². The molecule has 0 N–H and O–H groups in total. The van der Waals surface area contributed by atoms with E-state index in [2.05, 4.69) is 23.9 Å². The summed E-state index contributed by atoms with van der Waals surface area (Å²) in [7, 11) is -3.51. The summed E-state index contributed by atoms with van der Waals surface area (Å²) in [5.74, 6) is 2.19. The molecule has 0 bridgehead atoms. The number of thiazole rings is 1. The predicted octanol–water partition coefficient (Wildman–Crippen LogP) is 3.42. The molecule has 160 valence electrons. The van der Waals surface area contributed by atoms with Crippen molar-refractivity contribution in [3.8, 4) is 12.3 Å². The molecule has 0 radical (unpaired) electrons. The predicted molar refractivity (Wildman–Crippen MR) is 122 cm³/mol. The second-order valence-corrected chi connectivity index (χ2v) is 10.3. The van der Waals surface area contributed by atoms with Crippen molar-refractivity contribution in [2.45, 2.75) is 37.6 Å². The lowest BCUT2D eigenvalue weighted by Gasteiger charge is -2.15. The van der Waals surface area contributed by atoms with Crippen molar-refractivity contribution in [2.24, 2.45) is 4.99 Å². The zero-order valence-electron chi connectivity index (χ0n) is 17.2. The molecule has 1 fully saturated rings. The molecule has 1 amide bonds. The van der Waals surface area contributed by atoms with Crippen LogP contribution in [0.4, 0.5) is 0 Å². The highest BCUT2D eigenvalue weighted by molar-refractivity contribution is 7.89. The first-order chi connectivity index (χ1) is 14.9. The number of hydrogen-bond acceptors (Lipinski definition) is 4. The number of carbonyl (C=O) groups excluding carboxylic acids is 1. The molecule has 2 aromatic carbocycles. The van der Waals surface area contributed by atoms with Gasteiger partial charge in [0.25, 0.3) is 5.91 Å². The third kappa shape index (κ3) is 4.22. The van der Waals surface area contributed by atoms with Crippen molar-refractivity contribution in [1.82, 2.24) is 8.87 Å². The van der Waals surface area contributed by atoms with Crippen LogP contribution in [-0.2, 0) is 23.0 Å². The fourth-order valence-corrected chi connectivity index (χ4v) is 6.27. The molecule has 8 heteroatoms. The van der Waals surface area contributed by atoms with Gasteiger partial charge in [0.1, 0.15) is 0 Å². The highest BCUT2D eigenvalue weighted by atomic mass is 32.2. The van der Waals surface area contributed by atoms with Crippen molar-refractivity contribution in [2.75, 3.05) is 13.1 Å². The fourth-order valence-electron chi connectivity index (χ4n) is 3.67. The molecule has 1 aliphatic rings. The highest BCUT2D eigenvalue weighted by Gasteiger charge is 2.27. The van der Waals surface area contributed by atoms with E-state index in [0.29, 0.717) is 30.0 Å². The van der Waals surface area contributed by atoms with Gasteiger partial charge in [-0.2, -0.15) is 9.30 Å². The first kappa shape index (κ1) is 21.5. The summed E-state index contributed by atoms with van der Waals surface area (Å²) in [6.07, 6.45) is 8.20. The molecular formula is C23H23N3O3S2. The van der Waals surface area contributed by atoms with Gasteiger partial charge < -0.3 is 4.57 Å². The first-order valence-electron chi connectivity index (χ1n) is 10.2. The number of hydrogen-bond donors (Lipinski definition) is 0. The average molecular weight is 454 g/mol. The zero-order chi connectivity index (χ0) is 22.0. The number of aromatic nitrogens is 1. The van der Waals surface area contributed by atoms with Crippen molar-refractivity contribution in [3.05, 3.63) is 58.4 Å². The van der Waals surface area contributed by atoms with E-state index in [1.807, 2.05) is 16.7 Å². The maximum Gasteiger partial charge on any atom is 0.279 e. The van der Waals surface area contributed by atoms with Crippen LogP contribution < -0.4 is 4.80 Å². The number of aryl methyl sites for hydroxylation is 1. The summed E-state index contributed by atoms with van der Waals surface area (Å²) in [5.41, 5.74) is 2.48. The number of benzene rings is 2. The minimum Gasteiger partial charge on any atom is -0.305 e. The summed E-state index contributed by atoms with van der Waals surface area (Å²) < 4.78 is 29.7. The molecule has 0 spiro atoms. The molecule has 31 heavy (non-hydrogen) atoms. The van der Waals surface area contributed by atoms with Gasteiger partial charge >= 0.3 is 0 Å². The molecule has 2 heterocycles. The van der Waals surface area contributed by atoms with E-state index in [1.165, 1.54) is 45.5 Å². The van der Waals surface area contributed by atoms with Gasteiger partial charge in [-0.15, -0.1) is 6.42 Å². The number of carbonyl (C=O) groups is 1. The number of nitrogens with zero attached hydrogens (tertiary/aromatic N) is 3. The number of amides is 1. The lowest BCUT2D eigenvalue weighted by atomic mass is 10.2. The Hall–Kier alpha value is -2.73. The Morgan fingerprint density at radius 2 is 1.87 bits per heavy atom. The quantitative estimate of drug-likeness (QED) is 0.556. The number of terminal acetylenes is 1. The van der Waals surface area contributed by atoms with Crippen molar-refractivity contribution < 1.29 is 13.2 Å². The molecule has 4 rings (SSSR count). The lowest BCUT2D eigenvalue weighted by molar-refractivity contribution is 0.0998. The minimum atomic E-state index is -3.51. The maximum atomic E-state index is 12.8. The number of fused-ring (bicyclic) bond motifs is 1. The maximum absolute atomic E-state index is 12.8. The summed E-state index contributed by atoms with van der Waals surface area (Å²) in [6, 6.07) is 12.1. The topological polar surface area (TPSA) is 71.7 Å². The Morgan fingerprint density at radius 3 is 2.52 bits per heavy atom. The molecule has 1 aliphatic heterocycles. The Morgan fingerprint density at radius 1 is 1.16 bits per heavy atom. The Balaban J connectivity index is 1.68. The summed E-state index contributed by atoms with van der Waals surface area (Å²) >= 11 is 1.42. The largest absolute Gasteiger partial charge is 0.305 e. The molecule has 1 saturated heterocycles. The molecule has 6 nitrogen and oxygen atoms in total. The van der Waals surface area contributed by atoms with Gasteiger partial charge in [0, 0.05) is 18.7 Å². The third-order valence-electron chi connectivity index (χ3n) is 5.41. The van der Waals surface area contributed by atoms with E-state index in [1.54, 1.807) is 0 Å². The molecule has 3 aromatic rings. The Kier molecular flexibility index (Phi) is 6.10. The zero-order valence-corrected chi connectivity index (χ0v) is 18.9. The normalized spacial score (nSPS) is 15.4. The van der Waals surface area contributed by atoms with Crippen LogP contribution in [0.25, 0.3) is 10.2 Å². The van der Waals surface area contributed by atoms with Crippen LogP contribution >= 0.6 is 11.3 Å². The second-order valence-electron chi connectivity index (χ2n) is 7.38. The van der Waals surface area contributed by atoms with Crippen LogP contribution in [0.5, 0.6) is 0 Å². The van der Waals surface area contributed by atoms with E-state index in [9.17, 15) is 13.2 Å². The van der Waals surface area contributed by atoms with E-state index in [-0.39, 0.29) is 4.90 Å². The van der Waals surface area contributed by atoms with Crippen LogP contribution in [-0.4, -0.2) is 36.3 Å². The van der Waals surface area contributed by atoms with Crippen molar-refractivity contribution in [1.29, 1.82) is 0 Å². The van der Waals surface area contributed by atoms with Gasteiger partial charge in [0.15, 0.2) is 4.80 Å². The molecular weight excluding hydrogens is 430 g/mol. The molecule has 0 unspecified atom stereocenters. The van der Waals surface area contributed by atoms with Gasteiger partial charge in [-0.05, 0) is 61.2 Å². The molecule has 0 atom stereocenters. The number of rotatable bonds is 5. The fraction of sp³-hybridized carbons (Fsp3) is 0.304. The van der Waals surface area contributed by atoms with Crippen LogP contribution in [0.3, 0.4) is 0 Å². The van der Waals surface area contributed by atoms with E-state index >= 15 is 0 Å².